The number of amides is 2. The number of nitrogens with one attached hydrogen (secondary N) is 3. The minimum Gasteiger partial charge on any atom is -0.380 e. The third-order valence-corrected chi connectivity index (χ3v) is 5.47. The average molecular weight is 392 g/mol. The molecule has 2 aliphatic rings. The fraction of sp³-hybridized carbons (Fsp3) is 0.444. The largest absolute Gasteiger partial charge is 0.380 e. The van der Waals surface area contributed by atoms with Gasteiger partial charge < -0.3 is 20.1 Å². The Morgan fingerprint density at radius 1 is 1.33 bits per heavy atom. The van der Waals surface area contributed by atoms with E-state index in [1.54, 1.807) is 12.1 Å². The average Bonchev–Trinajstić information content (AvgIpc) is 3.29. The van der Waals surface area contributed by atoms with Gasteiger partial charge in [-0.3, -0.25) is 5.32 Å². The third kappa shape index (κ3) is 4.55. The van der Waals surface area contributed by atoms with Gasteiger partial charge in [0.1, 0.15) is 5.82 Å². The van der Waals surface area contributed by atoms with Crippen molar-refractivity contribution in [1.82, 2.24) is 4.98 Å². The Morgan fingerprint density at radius 3 is 3.04 bits per heavy atom. The predicted octanol–water partition coefficient (Wildman–Crippen LogP) is 3.59. The fourth-order valence-corrected chi connectivity index (χ4v) is 4.04. The molecule has 1 unspecified atom stereocenters. The summed E-state index contributed by atoms with van der Waals surface area (Å²) < 4.78 is 25.1. The first-order chi connectivity index (χ1) is 13.2. The molecule has 1 saturated heterocycles. The van der Waals surface area contributed by atoms with Gasteiger partial charge in [0.05, 0.1) is 35.6 Å². The highest BCUT2D eigenvalue weighted by molar-refractivity contribution is 7.15. The Kier molecular flexibility index (Phi) is 5.51. The number of ether oxygens (including phenoxy) is 2. The molecular formula is C18H21FN4O3S. The standard InChI is InChI=1S/C18H21FN4O3S/c19-13-8-11(3-4-14(13)20-9-12-2-1-6-26-12)21-17(24)23-18-22-15-5-7-25-10-16(15)27-18/h3-4,8,12,20H,1-2,5-7,9-10H2,(H2,21,22,23,24). The maximum atomic E-state index is 14.3. The summed E-state index contributed by atoms with van der Waals surface area (Å²) in [5.41, 5.74) is 1.73. The third-order valence-electron chi connectivity index (χ3n) is 4.49. The van der Waals surface area contributed by atoms with Gasteiger partial charge in [0.25, 0.3) is 0 Å². The van der Waals surface area contributed by atoms with Gasteiger partial charge in [0, 0.05) is 25.3 Å². The van der Waals surface area contributed by atoms with Crippen LogP contribution in [0.25, 0.3) is 0 Å². The molecule has 0 radical (unpaired) electrons. The number of fused-ring (bicyclic) bond motifs is 1. The Balaban J connectivity index is 1.32. The van der Waals surface area contributed by atoms with Crippen LogP contribution in [0, 0.1) is 5.82 Å². The zero-order chi connectivity index (χ0) is 18.6. The summed E-state index contributed by atoms with van der Waals surface area (Å²) in [5.74, 6) is -0.423. The maximum Gasteiger partial charge on any atom is 0.325 e. The van der Waals surface area contributed by atoms with E-state index in [4.69, 9.17) is 9.47 Å². The Morgan fingerprint density at radius 2 is 2.26 bits per heavy atom. The quantitative estimate of drug-likeness (QED) is 0.724. The van der Waals surface area contributed by atoms with Crippen molar-refractivity contribution in [3.63, 3.8) is 0 Å². The van der Waals surface area contributed by atoms with E-state index in [0.29, 0.717) is 36.3 Å². The van der Waals surface area contributed by atoms with E-state index in [9.17, 15) is 9.18 Å². The molecule has 144 valence electrons. The highest BCUT2D eigenvalue weighted by Crippen LogP contribution is 2.27. The number of nitrogens with zero attached hydrogens (tertiary/aromatic N) is 1. The smallest absolute Gasteiger partial charge is 0.325 e. The first-order valence-electron chi connectivity index (χ1n) is 8.97. The van der Waals surface area contributed by atoms with Crippen LogP contribution in [0.4, 0.5) is 25.7 Å². The molecule has 9 heteroatoms. The zero-order valence-corrected chi connectivity index (χ0v) is 15.5. The second kappa shape index (κ2) is 8.20. The molecule has 4 rings (SSSR count). The molecule has 2 aromatic rings. The zero-order valence-electron chi connectivity index (χ0n) is 14.7. The molecular weight excluding hydrogens is 371 g/mol. The topological polar surface area (TPSA) is 84.5 Å². The normalized spacial score (nSPS) is 18.8. The number of carbonyl (C=O) groups excluding carboxylic acids is 1. The first kappa shape index (κ1) is 18.1. The highest BCUT2D eigenvalue weighted by Gasteiger charge is 2.18. The lowest BCUT2D eigenvalue weighted by Gasteiger charge is -2.13. The van der Waals surface area contributed by atoms with Crippen LogP contribution < -0.4 is 16.0 Å². The van der Waals surface area contributed by atoms with Gasteiger partial charge >= 0.3 is 6.03 Å². The summed E-state index contributed by atoms with van der Waals surface area (Å²) in [7, 11) is 0. The van der Waals surface area contributed by atoms with E-state index in [2.05, 4.69) is 20.9 Å². The number of benzene rings is 1. The van der Waals surface area contributed by atoms with E-state index in [-0.39, 0.29) is 6.10 Å². The van der Waals surface area contributed by atoms with E-state index in [0.717, 1.165) is 36.4 Å². The van der Waals surface area contributed by atoms with Crippen LogP contribution in [-0.2, 0) is 22.5 Å². The van der Waals surface area contributed by atoms with Gasteiger partial charge in [0.2, 0.25) is 0 Å². The van der Waals surface area contributed by atoms with Gasteiger partial charge in [-0.1, -0.05) is 11.3 Å². The van der Waals surface area contributed by atoms with Crippen LogP contribution in [0.5, 0.6) is 0 Å². The van der Waals surface area contributed by atoms with Crippen molar-refractivity contribution < 1.29 is 18.7 Å². The van der Waals surface area contributed by atoms with Crippen LogP contribution in [0.3, 0.4) is 0 Å². The minimum atomic E-state index is -0.457. The second-order valence-electron chi connectivity index (χ2n) is 6.48. The summed E-state index contributed by atoms with van der Waals surface area (Å²) in [6.45, 7) is 2.52. The lowest BCUT2D eigenvalue weighted by molar-refractivity contribution is 0.112. The van der Waals surface area contributed by atoms with Crippen molar-refractivity contribution in [2.45, 2.75) is 32.0 Å². The van der Waals surface area contributed by atoms with E-state index in [1.807, 2.05) is 0 Å². The molecule has 1 atom stereocenters. The number of rotatable bonds is 5. The lowest BCUT2D eigenvalue weighted by Crippen LogP contribution is -2.20. The molecule has 1 fully saturated rings. The van der Waals surface area contributed by atoms with Crippen molar-refractivity contribution in [1.29, 1.82) is 0 Å². The van der Waals surface area contributed by atoms with Gasteiger partial charge in [0.15, 0.2) is 5.13 Å². The number of thiazole rings is 1. The van der Waals surface area contributed by atoms with Gasteiger partial charge in [-0.15, -0.1) is 0 Å². The van der Waals surface area contributed by atoms with E-state index >= 15 is 0 Å². The molecule has 2 amide bonds. The highest BCUT2D eigenvalue weighted by atomic mass is 32.1. The van der Waals surface area contributed by atoms with Crippen molar-refractivity contribution in [3.05, 3.63) is 34.6 Å². The summed E-state index contributed by atoms with van der Waals surface area (Å²) in [4.78, 5) is 17.6. The minimum absolute atomic E-state index is 0.127. The van der Waals surface area contributed by atoms with Crippen LogP contribution >= 0.6 is 11.3 Å². The number of aromatic nitrogens is 1. The van der Waals surface area contributed by atoms with E-state index in [1.165, 1.54) is 17.4 Å². The van der Waals surface area contributed by atoms with Gasteiger partial charge in [-0.25, -0.2) is 14.2 Å². The number of hydrogen-bond donors (Lipinski definition) is 3. The SMILES string of the molecule is O=C(Nc1ccc(NCC2CCCO2)c(F)c1)Nc1nc2c(s1)COCC2. The van der Waals surface area contributed by atoms with Crippen molar-refractivity contribution in [3.8, 4) is 0 Å². The molecule has 7 nitrogen and oxygen atoms in total. The Bertz CT molecular complexity index is 799. The molecule has 0 bridgehead atoms. The molecule has 0 saturated carbocycles. The molecule has 0 aliphatic carbocycles. The van der Waals surface area contributed by atoms with Crippen molar-refractivity contribution >= 4 is 33.9 Å². The lowest BCUT2D eigenvalue weighted by atomic mass is 10.2. The summed E-state index contributed by atoms with van der Waals surface area (Å²) >= 11 is 1.39. The van der Waals surface area contributed by atoms with Crippen LogP contribution in [0.1, 0.15) is 23.4 Å². The van der Waals surface area contributed by atoms with Crippen LogP contribution in [-0.4, -0.2) is 36.9 Å². The molecule has 0 spiro atoms. The summed E-state index contributed by atoms with van der Waals surface area (Å²) in [5, 5.41) is 8.89. The monoisotopic (exact) mass is 392 g/mol. The van der Waals surface area contributed by atoms with Crippen LogP contribution in [0.15, 0.2) is 18.2 Å². The second-order valence-corrected chi connectivity index (χ2v) is 7.56. The summed E-state index contributed by atoms with van der Waals surface area (Å²) in [6, 6.07) is 4.10. The molecule has 27 heavy (non-hydrogen) atoms. The number of halogens is 1. The first-order valence-corrected chi connectivity index (χ1v) is 9.78. The molecule has 1 aromatic heterocycles. The Labute approximate surface area is 160 Å². The predicted molar refractivity (Wildman–Crippen MR) is 102 cm³/mol. The number of anilines is 3. The fourth-order valence-electron chi connectivity index (χ4n) is 3.10. The number of urea groups is 1. The van der Waals surface area contributed by atoms with Crippen molar-refractivity contribution in [2.75, 3.05) is 35.7 Å². The van der Waals surface area contributed by atoms with Crippen molar-refractivity contribution in [2.24, 2.45) is 0 Å². The molecule has 2 aliphatic heterocycles. The summed E-state index contributed by atoms with van der Waals surface area (Å²) in [6.07, 6.45) is 2.91. The maximum absolute atomic E-state index is 14.3. The van der Waals surface area contributed by atoms with Crippen LogP contribution in [0.2, 0.25) is 0 Å². The Hall–Kier alpha value is -2.23. The van der Waals surface area contributed by atoms with Gasteiger partial charge in [-0.05, 0) is 31.0 Å². The van der Waals surface area contributed by atoms with E-state index < -0.39 is 11.8 Å². The van der Waals surface area contributed by atoms with Gasteiger partial charge in [-0.2, -0.15) is 0 Å². The number of carbonyl (C=O) groups is 1. The molecule has 3 heterocycles. The molecule has 3 N–H and O–H groups in total. The molecule has 1 aromatic carbocycles. The number of hydrogen-bond acceptors (Lipinski definition) is 6.